The number of nitrogens with one attached hydrogen (secondary N) is 2. The zero-order valence-corrected chi connectivity index (χ0v) is 27.0. The zero-order chi connectivity index (χ0) is 33.1. The number of para-hydroxylation sites is 2. The molecule has 1 amide bonds. The second-order valence-corrected chi connectivity index (χ2v) is 12.1. The van der Waals surface area contributed by atoms with Crippen LogP contribution in [0.3, 0.4) is 0 Å². The van der Waals surface area contributed by atoms with Gasteiger partial charge in [-0.2, -0.15) is 0 Å². The highest BCUT2D eigenvalue weighted by Crippen LogP contribution is 2.44. The van der Waals surface area contributed by atoms with Crippen molar-refractivity contribution in [1.29, 1.82) is 0 Å². The van der Waals surface area contributed by atoms with Crippen LogP contribution >= 0.6 is 0 Å². The summed E-state index contributed by atoms with van der Waals surface area (Å²) in [5.41, 5.74) is 6.12. The number of aromatic hydroxyl groups is 1. The first kappa shape index (κ1) is 31.6. The van der Waals surface area contributed by atoms with E-state index in [9.17, 15) is 14.7 Å². The molecule has 6 aromatic rings. The van der Waals surface area contributed by atoms with Gasteiger partial charge in [0.25, 0.3) is 5.91 Å². The minimum atomic E-state index is -0.0739. The second kappa shape index (κ2) is 13.5. The Bertz CT molecular complexity index is 2130. The molecular formula is C38H38N6O3. The number of ketones is 1. The number of likely N-dealkylation sites (N-methyl/N-ethyl adjacent to an activating group) is 2. The first-order valence-electron chi connectivity index (χ1n) is 15.6. The van der Waals surface area contributed by atoms with Crippen molar-refractivity contribution in [2.24, 2.45) is 0 Å². The predicted octanol–water partition coefficient (Wildman–Crippen LogP) is 5.80. The monoisotopic (exact) mass is 626 g/mol. The molecule has 0 spiro atoms. The Hall–Kier alpha value is -5.38. The van der Waals surface area contributed by atoms with E-state index in [-0.39, 0.29) is 17.4 Å². The van der Waals surface area contributed by atoms with E-state index in [1.807, 2.05) is 106 Å². The van der Waals surface area contributed by atoms with Crippen LogP contribution in [-0.4, -0.2) is 90.9 Å². The fourth-order valence-corrected chi connectivity index (χ4v) is 5.79. The Morgan fingerprint density at radius 2 is 1.43 bits per heavy atom. The Morgan fingerprint density at radius 3 is 2.21 bits per heavy atom. The summed E-state index contributed by atoms with van der Waals surface area (Å²) >= 11 is 0. The summed E-state index contributed by atoms with van der Waals surface area (Å²) in [6.45, 7) is 2.94. The fraction of sp³-hybridized carbons (Fsp3) is 0.211. The molecule has 0 saturated heterocycles. The molecule has 9 nitrogen and oxygen atoms in total. The van der Waals surface area contributed by atoms with Gasteiger partial charge in [-0.25, -0.2) is 9.97 Å². The maximum Gasteiger partial charge on any atom is 0.253 e. The Balaban J connectivity index is 0.000000166. The largest absolute Gasteiger partial charge is 0.508 e. The number of phenols is 1. The molecule has 0 fully saturated rings. The van der Waals surface area contributed by atoms with Crippen molar-refractivity contribution in [3.05, 3.63) is 108 Å². The number of rotatable bonds is 8. The van der Waals surface area contributed by atoms with Gasteiger partial charge < -0.3 is 25.5 Å². The van der Waals surface area contributed by atoms with Crippen molar-refractivity contribution in [3.63, 3.8) is 0 Å². The minimum absolute atomic E-state index is 0.000396. The molecule has 3 N–H and O–H groups in total. The van der Waals surface area contributed by atoms with E-state index in [4.69, 9.17) is 0 Å². The lowest BCUT2D eigenvalue weighted by Crippen LogP contribution is -2.31. The lowest BCUT2D eigenvalue weighted by Gasteiger charge is -2.15. The number of fused-ring (bicyclic) bond motifs is 7. The van der Waals surface area contributed by atoms with Crippen molar-refractivity contribution < 1.29 is 14.7 Å². The van der Waals surface area contributed by atoms with Crippen LogP contribution < -0.4 is 10.6 Å². The number of benzene rings is 4. The SMILES string of the molecule is CN(C)CCNC(=O)c1cccc2cc3ccccc3nc12.CN(C)CCNc1nc2cc(O)ccc2c2c1C(=O)c1ccccc1-2. The van der Waals surface area contributed by atoms with Gasteiger partial charge in [0.1, 0.15) is 11.6 Å². The minimum Gasteiger partial charge on any atom is -0.508 e. The number of anilines is 1. The summed E-state index contributed by atoms with van der Waals surface area (Å²) in [4.78, 5) is 38.8. The molecule has 2 heterocycles. The molecule has 2 aromatic heterocycles. The highest BCUT2D eigenvalue weighted by molar-refractivity contribution is 6.28. The molecular weight excluding hydrogens is 588 g/mol. The van der Waals surface area contributed by atoms with Gasteiger partial charge in [0.2, 0.25) is 0 Å². The molecule has 4 aromatic carbocycles. The molecule has 0 unspecified atom stereocenters. The van der Waals surface area contributed by atoms with E-state index in [2.05, 4.69) is 31.6 Å². The molecule has 9 heteroatoms. The third kappa shape index (κ3) is 6.63. The molecule has 0 atom stereocenters. The molecule has 0 bridgehead atoms. The van der Waals surface area contributed by atoms with Crippen LogP contribution in [0.5, 0.6) is 5.75 Å². The van der Waals surface area contributed by atoms with E-state index in [0.29, 0.717) is 41.1 Å². The van der Waals surface area contributed by atoms with Crippen molar-refractivity contribution in [3.8, 4) is 16.9 Å². The number of pyridine rings is 2. The summed E-state index contributed by atoms with van der Waals surface area (Å²) in [5, 5.41) is 19.0. The van der Waals surface area contributed by atoms with E-state index in [1.165, 1.54) is 0 Å². The van der Waals surface area contributed by atoms with Crippen molar-refractivity contribution in [1.82, 2.24) is 25.1 Å². The van der Waals surface area contributed by atoms with Crippen molar-refractivity contribution in [2.75, 3.05) is 59.7 Å². The van der Waals surface area contributed by atoms with Crippen LogP contribution in [0.25, 0.3) is 43.8 Å². The third-order valence-electron chi connectivity index (χ3n) is 8.13. The van der Waals surface area contributed by atoms with Crippen molar-refractivity contribution >= 4 is 50.2 Å². The van der Waals surface area contributed by atoms with E-state index in [0.717, 1.165) is 51.4 Å². The highest BCUT2D eigenvalue weighted by Gasteiger charge is 2.32. The average molecular weight is 627 g/mol. The number of phenolic OH excluding ortho intramolecular Hbond substituents is 1. The van der Waals surface area contributed by atoms with Gasteiger partial charge in [-0.15, -0.1) is 0 Å². The van der Waals surface area contributed by atoms with Gasteiger partial charge in [-0.1, -0.05) is 54.6 Å². The maximum atomic E-state index is 13.0. The topological polar surface area (TPSA) is 111 Å². The molecule has 47 heavy (non-hydrogen) atoms. The lowest BCUT2D eigenvalue weighted by molar-refractivity contribution is 0.0951. The Labute approximate surface area is 273 Å². The summed E-state index contributed by atoms with van der Waals surface area (Å²) in [6.07, 6.45) is 0. The molecule has 238 valence electrons. The highest BCUT2D eigenvalue weighted by atomic mass is 16.3. The quantitative estimate of drug-likeness (QED) is 0.182. The average Bonchev–Trinajstić information content (AvgIpc) is 3.36. The molecule has 1 aliphatic rings. The van der Waals surface area contributed by atoms with Gasteiger partial charge in [0.15, 0.2) is 5.78 Å². The van der Waals surface area contributed by atoms with Crippen molar-refractivity contribution in [2.45, 2.75) is 0 Å². The van der Waals surface area contributed by atoms with Gasteiger partial charge in [-0.05, 0) is 64.1 Å². The molecule has 1 aliphatic carbocycles. The number of carbonyl (C=O) groups is 2. The van der Waals surface area contributed by atoms with Crippen LogP contribution in [0.2, 0.25) is 0 Å². The number of amides is 1. The van der Waals surface area contributed by atoms with Gasteiger partial charge >= 0.3 is 0 Å². The van der Waals surface area contributed by atoms with Gasteiger partial charge in [0, 0.05) is 59.5 Å². The molecule has 0 aliphatic heterocycles. The second-order valence-electron chi connectivity index (χ2n) is 12.1. The summed E-state index contributed by atoms with van der Waals surface area (Å²) in [6, 6.07) is 28.5. The van der Waals surface area contributed by atoms with Crippen LogP contribution in [-0.2, 0) is 0 Å². The van der Waals surface area contributed by atoms with Crippen LogP contribution in [0.1, 0.15) is 26.3 Å². The first-order chi connectivity index (χ1) is 22.7. The normalized spacial score (nSPS) is 11.9. The van der Waals surface area contributed by atoms with Gasteiger partial charge in [0.05, 0.1) is 27.7 Å². The Morgan fingerprint density at radius 1 is 0.723 bits per heavy atom. The molecule has 0 radical (unpaired) electrons. The summed E-state index contributed by atoms with van der Waals surface area (Å²) in [7, 11) is 7.97. The lowest BCUT2D eigenvalue weighted by atomic mass is 10.0. The number of nitrogens with zero attached hydrogens (tertiary/aromatic N) is 4. The van der Waals surface area contributed by atoms with Crippen LogP contribution in [0.4, 0.5) is 5.82 Å². The fourth-order valence-electron chi connectivity index (χ4n) is 5.79. The first-order valence-corrected chi connectivity index (χ1v) is 15.6. The molecule has 0 saturated carbocycles. The van der Waals surface area contributed by atoms with Crippen LogP contribution in [0.15, 0.2) is 91.0 Å². The number of hydrogen-bond donors (Lipinski definition) is 3. The zero-order valence-electron chi connectivity index (χ0n) is 27.0. The third-order valence-corrected chi connectivity index (χ3v) is 8.13. The maximum absolute atomic E-state index is 13.0. The molecule has 7 rings (SSSR count). The van der Waals surface area contributed by atoms with E-state index in [1.54, 1.807) is 12.1 Å². The summed E-state index contributed by atoms with van der Waals surface area (Å²) in [5.74, 6) is 0.670. The predicted molar refractivity (Wildman–Crippen MR) is 189 cm³/mol. The smallest absolute Gasteiger partial charge is 0.253 e. The van der Waals surface area contributed by atoms with Crippen LogP contribution in [0, 0.1) is 0 Å². The standard InChI is InChI=1S/C20H19N3O2.C18H19N3O/c1-23(2)10-9-21-20-18-17(13-5-3-4-6-14(13)19(18)25)15-8-7-12(24)11-16(15)22-20;1-21(2)11-10-19-18(22)15-8-5-7-14-12-13-6-3-4-9-16(13)20-17(14)15/h3-8,11,24H,9-10H2,1-2H3,(H,21,22);3-9,12H,10-11H2,1-2H3,(H,19,22). The number of hydrogen-bond acceptors (Lipinski definition) is 8. The number of aromatic nitrogens is 2. The number of carbonyl (C=O) groups excluding carboxylic acids is 2. The summed E-state index contributed by atoms with van der Waals surface area (Å²) < 4.78 is 0. The Kier molecular flexibility index (Phi) is 9.10. The van der Waals surface area contributed by atoms with Gasteiger partial charge in [-0.3, -0.25) is 9.59 Å². The van der Waals surface area contributed by atoms with E-state index < -0.39 is 0 Å². The van der Waals surface area contributed by atoms with E-state index >= 15 is 0 Å².